The third-order valence-corrected chi connectivity index (χ3v) is 3.59. The van der Waals surface area contributed by atoms with Gasteiger partial charge in [-0.15, -0.1) is 0 Å². The second-order valence-electron chi connectivity index (χ2n) is 5.47. The summed E-state index contributed by atoms with van der Waals surface area (Å²) in [6, 6.07) is 10.5. The van der Waals surface area contributed by atoms with Gasteiger partial charge >= 0.3 is 11.8 Å². The zero-order valence-electron chi connectivity index (χ0n) is 14.2. The lowest BCUT2D eigenvalue weighted by Crippen LogP contribution is -2.32. The van der Waals surface area contributed by atoms with Crippen LogP contribution in [0.2, 0.25) is 0 Å². The fourth-order valence-electron chi connectivity index (χ4n) is 2.31. The number of hydrazone groups is 1. The number of amides is 2. The lowest BCUT2D eigenvalue weighted by molar-refractivity contribution is -0.136. The van der Waals surface area contributed by atoms with Crippen molar-refractivity contribution in [1.82, 2.24) is 5.43 Å². The van der Waals surface area contributed by atoms with Crippen molar-refractivity contribution in [2.45, 2.75) is 6.92 Å². The van der Waals surface area contributed by atoms with E-state index in [-0.39, 0.29) is 6.79 Å². The number of anilines is 1. The van der Waals surface area contributed by atoms with Crippen molar-refractivity contribution >= 4 is 23.7 Å². The molecule has 0 bridgehead atoms. The summed E-state index contributed by atoms with van der Waals surface area (Å²) in [6.07, 6.45) is 1.40. The summed E-state index contributed by atoms with van der Waals surface area (Å²) in [7, 11) is 1.48. The number of aryl methyl sites for hydroxylation is 1. The first-order chi connectivity index (χ1) is 12.6. The molecule has 3 rings (SSSR count). The van der Waals surface area contributed by atoms with Gasteiger partial charge in [-0.3, -0.25) is 9.59 Å². The first-order valence-electron chi connectivity index (χ1n) is 7.75. The van der Waals surface area contributed by atoms with Crippen LogP contribution in [-0.4, -0.2) is 31.9 Å². The molecule has 2 aromatic carbocycles. The van der Waals surface area contributed by atoms with Crippen molar-refractivity contribution in [2.24, 2.45) is 5.10 Å². The van der Waals surface area contributed by atoms with E-state index >= 15 is 0 Å². The molecule has 2 aromatic rings. The zero-order chi connectivity index (χ0) is 18.5. The SMILES string of the molecule is COc1ccc(C)cc1NC(=O)C(=O)N/N=C\c1ccc2c(c1)OCO2. The van der Waals surface area contributed by atoms with Crippen molar-refractivity contribution in [3.8, 4) is 17.2 Å². The molecule has 2 N–H and O–H groups in total. The van der Waals surface area contributed by atoms with Crippen molar-refractivity contribution in [3.63, 3.8) is 0 Å². The van der Waals surface area contributed by atoms with Crippen molar-refractivity contribution in [2.75, 3.05) is 19.2 Å². The molecule has 8 heteroatoms. The molecular weight excluding hydrogens is 338 g/mol. The number of carbonyl (C=O) groups excluding carboxylic acids is 2. The van der Waals surface area contributed by atoms with E-state index in [1.54, 1.807) is 30.3 Å². The standard InChI is InChI=1S/C18H17N3O5/c1-11-3-5-14(24-2)13(7-11)20-17(22)18(23)21-19-9-12-4-6-15-16(8-12)26-10-25-15/h3-9H,10H2,1-2H3,(H,20,22)(H,21,23)/b19-9-. The number of nitrogens with one attached hydrogen (secondary N) is 2. The Labute approximate surface area is 149 Å². The van der Waals surface area contributed by atoms with Crippen LogP contribution >= 0.6 is 0 Å². The van der Waals surface area contributed by atoms with Crippen molar-refractivity contribution < 1.29 is 23.8 Å². The van der Waals surface area contributed by atoms with Crippen LogP contribution < -0.4 is 25.0 Å². The Morgan fingerprint density at radius 3 is 2.73 bits per heavy atom. The van der Waals surface area contributed by atoms with Crippen LogP contribution in [0.5, 0.6) is 17.2 Å². The summed E-state index contributed by atoms with van der Waals surface area (Å²) in [6.45, 7) is 2.04. The lowest BCUT2D eigenvalue weighted by atomic mass is 10.2. The van der Waals surface area contributed by atoms with E-state index in [4.69, 9.17) is 14.2 Å². The number of rotatable bonds is 4. The van der Waals surface area contributed by atoms with Gasteiger partial charge in [0.05, 0.1) is 19.0 Å². The Bertz CT molecular complexity index is 879. The maximum atomic E-state index is 12.0. The van der Waals surface area contributed by atoms with Crippen molar-refractivity contribution in [3.05, 3.63) is 47.5 Å². The monoisotopic (exact) mass is 355 g/mol. The summed E-state index contributed by atoms with van der Waals surface area (Å²) >= 11 is 0. The van der Waals surface area contributed by atoms with Gasteiger partial charge in [-0.05, 0) is 48.4 Å². The molecule has 2 amide bonds. The highest BCUT2D eigenvalue weighted by atomic mass is 16.7. The maximum absolute atomic E-state index is 12.0. The molecule has 0 unspecified atom stereocenters. The normalized spacial score (nSPS) is 12.1. The molecule has 0 radical (unpaired) electrons. The Morgan fingerprint density at radius 1 is 1.12 bits per heavy atom. The predicted octanol–water partition coefficient (Wildman–Crippen LogP) is 1.82. The second-order valence-corrected chi connectivity index (χ2v) is 5.47. The average molecular weight is 355 g/mol. The highest BCUT2D eigenvalue weighted by Crippen LogP contribution is 2.32. The molecule has 1 aliphatic heterocycles. The molecule has 134 valence electrons. The van der Waals surface area contributed by atoms with E-state index in [0.717, 1.165) is 5.56 Å². The number of benzene rings is 2. The van der Waals surface area contributed by atoms with Gasteiger partial charge < -0.3 is 19.5 Å². The Hall–Kier alpha value is -3.55. The summed E-state index contributed by atoms with van der Waals surface area (Å²) in [5, 5.41) is 6.28. The van der Waals surface area contributed by atoms with E-state index < -0.39 is 11.8 Å². The predicted molar refractivity (Wildman–Crippen MR) is 94.7 cm³/mol. The largest absolute Gasteiger partial charge is 0.495 e. The fourth-order valence-corrected chi connectivity index (χ4v) is 2.31. The Morgan fingerprint density at radius 2 is 1.92 bits per heavy atom. The van der Waals surface area contributed by atoms with Gasteiger partial charge in [0.15, 0.2) is 11.5 Å². The number of fused-ring (bicyclic) bond motifs is 1. The maximum Gasteiger partial charge on any atom is 0.329 e. The molecule has 8 nitrogen and oxygen atoms in total. The minimum atomic E-state index is -0.898. The number of methoxy groups -OCH3 is 1. The molecule has 26 heavy (non-hydrogen) atoms. The van der Waals surface area contributed by atoms with Crippen LogP contribution in [0.4, 0.5) is 5.69 Å². The van der Waals surface area contributed by atoms with E-state index in [0.29, 0.717) is 28.5 Å². The first kappa shape index (κ1) is 17.3. The fraction of sp³-hybridized carbons (Fsp3) is 0.167. The number of hydrogen-bond acceptors (Lipinski definition) is 6. The number of ether oxygens (including phenoxy) is 3. The Kier molecular flexibility index (Phi) is 5.02. The van der Waals surface area contributed by atoms with E-state index in [1.165, 1.54) is 13.3 Å². The molecule has 0 atom stereocenters. The second kappa shape index (κ2) is 7.56. The summed E-state index contributed by atoms with van der Waals surface area (Å²) < 4.78 is 15.6. The zero-order valence-corrected chi connectivity index (χ0v) is 14.2. The third kappa shape index (κ3) is 3.92. The van der Waals surface area contributed by atoms with Gasteiger partial charge in [0.2, 0.25) is 6.79 Å². The van der Waals surface area contributed by atoms with E-state index in [1.807, 2.05) is 13.0 Å². The summed E-state index contributed by atoms with van der Waals surface area (Å²) in [5.41, 5.74) is 4.20. The van der Waals surface area contributed by atoms with Gasteiger partial charge in [-0.25, -0.2) is 5.43 Å². The number of hydrogen-bond donors (Lipinski definition) is 2. The molecule has 1 aliphatic rings. The molecular formula is C18H17N3O5. The highest BCUT2D eigenvalue weighted by Gasteiger charge is 2.16. The van der Waals surface area contributed by atoms with Gasteiger partial charge in [0.1, 0.15) is 5.75 Å². The van der Waals surface area contributed by atoms with E-state index in [9.17, 15) is 9.59 Å². The van der Waals surface area contributed by atoms with Crippen LogP contribution in [0.1, 0.15) is 11.1 Å². The van der Waals surface area contributed by atoms with Gasteiger partial charge in [0, 0.05) is 0 Å². The minimum Gasteiger partial charge on any atom is -0.495 e. The van der Waals surface area contributed by atoms with Gasteiger partial charge in [0.25, 0.3) is 0 Å². The molecule has 0 aliphatic carbocycles. The highest BCUT2D eigenvalue weighted by molar-refractivity contribution is 6.39. The molecule has 0 aromatic heterocycles. The smallest absolute Gasteiger partial charge is 0.329 e. The summed E-state index contributed by atoms with van der Waals surface area (Å²) in [4.78, 5) is 23.9. The molecule has 0 saturated heterocycles. The van der Waals surface area contributed by atoms with Crippen molar-refractivity contribution in [1.29, 1.82) is 0 Å². The number of carbonyl (C=O) groups is 2. The van der Waals surface area contributed by atoms with Gasteiger partial charge in [-0.1, -0.05) is 6.07 Å². The third-order valence-electron chi connectivity index (χ3n) is 3.59. The minimum absolute atomic E-state index is 0.176. The van der Waals surface area contributed by atoms with Crippen LogP contribution in [0.3, 0.4) is 0 Å². The topological polar surface area (TPSA) is 98.2 Å². The quantitative estimate of drug-likeness (QED) is 0.495. The molecule has 0 spiro atoms. The van der Waals surface area contributed by atoms with Crippen LogP contribution in [0, 0.1) is 6.92 Å². The number of nitrogens with zero attached hydrogens (tertiary/aromatic N) is 1. The Balaban J connectivity index is 1.59. The van der Waals surface area contributed by atoms with Crippen LogP contribution in [0.25, 0.3) is 0 Å². The summed E-state index contributed by atoms with van der Waals surface area (Å²) in [5.74, 6) is -0.0369. The molecule has 0 saturated carbocycles. The first-order valence-corrected chi connectivity index (χ1v) is 7.75. The van der Waals surface area contributed by atoms with Gasteiger partial charge in [-0.2, -0.15) is 5.10 Å². The molecule has 1 heterocycles. The van der Waals surface area contributed by atoms with E-state index in [2.05, 4.69) is 15.8 Å². The average Bonchev–Trinajstić information content (AvgIpc) is 3.09. The van der Waals surface area contributed by atoms with Crippen LogP contribution in [-0.2, 0) is 9.59 Å². The lowest BCUT2D eigenvalue weighted by Gasteiger charge is -2.10. The van der Waals surface area contributed by atoms with Crippen LogP contribution in [0.15, 0.2) is 41.5 Å². The molecule has 0 fully saturated rings.